The highest BCUT2D eigenvalue weighted by molar-refractivity contribution is 6.30. The van der Waals surface area contributed by atoms with Gasteiger partial charge in [0, 0.05) is 17.6 Å². The molecule has 0 radical (unpaired) electrons. The van der Waals surface area contributed by atoms with Gasteiger partial charge in [-0.2, -0.15) is 0 Å². The van der Waals surface area contributed by atoms with Crippen LogP contribution in [-0.4, -0.2) is 33.5 Å². The van der Waals surface area contributed by atoms with Crippen molar-refractivity contribution < 1.29 is 4.79 Å². The predicted octanol–water partition coefficient (Wildman–Crippen LogP) is 1.95. The molecule has 118 valence electrons. The first-order chi connectivity index (χ1) is 10.5. The minimum absolute atomic E-state index is 0.0492. The van der Waals surface area contributed by atoms with Crippen LogP contribution in [0.25, 0.3) is 5.69 Å². The van der Waals surface area contributed by atoms with Crippen molar-refractivity contribution in [3.05, 3.63) is 40.7 Å². The maximum Gasteiger partial charge on any atom is 0.273 e. The second kappa shape index (κ2) is 7.38. The first-order valence-corrected chi connectivity index (χ1v) is 7.65. The number of nitrogens with one attached hydrogen (secondary N) is 1. The van der Waals surface area contributed by atoms with Gasteiger partial charge < -0.3 is 11.1 Å². The largest absolute Gasteiger partial charge is 0.351 e. The van der Waals surface area contributed by atoms with Gasteiger partial charge in [-0.15, -0.1) is 5.10 Å². The molecule has 2 rings (SSSR count). The van der Waals surface area contributed by atoms with Gasteiger partial charge in [0.25, 0.3) is 5.91 Å². The summed E-state index contributed by atoms with van der Waals surface area (Å²) in [5.74, 6) is -0.231. The van der Waals surface area contributed by atoms with Crippen molar-refractivity contribution in [1.29, 1.82) is 0 Å². The van der Waals surface area contributed by atoms with E-state index in [-0.39, 0.29) is 11.9 Å². The Labute approximate surface area is 134 Å². The lowest BCUT2D eigenvalue weighted by atomic mass is 10.2. The molecule has 0 bridgehead atoms. The fourth-order valence-corrected chi connectivity index (χ4v) is 2.29. The van der Waals surface area contributed by atoms with Crippen LogP contribution >= 0.6 is 11.6 Å². The van der Waals surface area contributed by atoms with Crippen molar-refractivity contribution in [1.82, 2.24) is 20.3 Å². The average molecular weight is 322 g/mol. The van der Waals surface area contributed by atoms with Crippen LogP contribution < -0.4 is 11.1 Å². The Morgan fingerprint density at radius 1 is 1.50 bits per heavy atom. The lowest BCUT2D eigenvalue weighted by Gasteiger charge is -2.08. The van der Waals surface area contributed by atoms with Crippen molar-refractivity contribution in [3.63, 3.8) is 0 Å². The molecule has 22 heavy (non-hydrogen) atoms. The van der Waals surface area contributed by atoms with Gasteiger partial charge in [-0.05, 0) is 38.0 Å². The molecule has 0 aliphatic carbocycles. The average Bonchev–Trinajstić information content (AvgIpc) is 2.90. The molecule has 2 aromatic rings. The zero-order chi connectivity index (χ0) is 16.1. The number of carbonyl (C=O) groups is 1. The number of carbonyl (C=O) groups excluding carboxylic acids is 1. The third kappa shape index (κ3) is 3.84. The summed E-state index contributed by atoms with van der Waals surface area (Å²) in [5, 5.41) is 11.5. The van der Waals surface area contributed by atoms with E-state index in [4.69, 9.17) is 17.3 Å². The van der Waals surface area contributed by atoms with E-state index in [0.717, 1.165) is 17.8 Å². The van der Waals surface area contributed by atoms with Gasteiger partial charge in [0.05, 0.1) is 11.4 Å². The van der Waals surface area contributed by atoms with Gasteiger partial charge in [-0.1, -0.05) is 29.8 Å². The standard InChI is InChI=1S/C15H20ClN5O/c1-3-13-14(15(22)18-8-7-10(2)17)19-20-21(13)12-6-4-5-11(16)9-12/h4-6,9-10H,3,7-8,17H2,1-2H3,(H,18,22). The number of benzene rings is 1. The fourth-order valence-electron chi connectivity index (χ4n) is 2.11. The number of hydrogen-bond donors (Lipinski definition) is 2. The van der Waals surface area contributed by atoms with Gasteiger partial charge in [0.15, 0.2) is 5.69 Å². The molecule has 0 saturated carbocycles. The summed E-state index contributed by atoms with van der Waals surface area (Å²) < 4.78 is 1.65. The fraction of sp³-hybridized carbons (Fsp3) is 0.400. The maximum atomic E-state index is 12.2. The van der Waals surface area contributed by atoms with Gasteiger partial charge in [-0.25, -0.2) is 4.68 Å². The summed E-state index contributed by atoms with van der Waals surface area (Å²) in [6, 6.07) is 7.33. The molecular formula is C15H20ClN5O. The molecule has 0 fully saturated rings. The van der Waals surface area contributed by atoms with Crippen molar-refractivity contribution >= 4 is 17.5 Å². The second-order valence-corrected chi connectivity index (χ2v) is 5.59. The zero-order valence-electron chi connectivity index (χ0n) is 12.7. The number of rotatable bonds is 6. The smallest absolute Gasteiger partial charge is 0.273 e. The summed E-state index contributed by atoms with van der Waals surface area (Å²) in [5.41, 5.74) is 7.55. The van der Waals surface area contributed by atoms with Crippen LogP contribution in [0.1, 0.15) is 36.5 Å². The lowest BCUT2D eigenvalue weighted by Crippen LogP contribution is -2.29. The van der Waals surface area contributed by atoms with Gasteiger partial charge in [0.1, 0.15) is 0 Å². The molecule has 0 aliphatic rings. The molecule has 3 N–H and O–H groups in total. The third-order valence-corrected chi connectivity index (χ3v) is 3.49. The maximum absolute atomic E-state index is 12.2. The van der Waals surface area contributed by atoms with Crippen LogP contribution in [0.4, 0.5) is 0 Å². The molecule has 1 unspecified atom stereocenters. The van der Waals surface area contributed by atoms with Crippen molar-refractivity contribution in [3.8, 4) is 5.69 Å². The van der Waals surface area contributed by atoms with Crippen LogP contribution in [0.2, 0.25) is 5.02 Å². The highest BCUT2D eigenvalue weighted by Gasteiger charge is 2.19. The van der Waals surface area contributed by atoms with E-state index in [1.54, 1.807) is 16.8 Å². The van der Waals surface area contributed by atoms with Gasteiger partial charge in [-0.3, -0.25) is 4.79 Å². The Morgan fingerprint density at radius 3 is 2.91 bits per heavy atom. The van der Waals surface area contributed by atoms with Crippen molar-refractivity contribution in [2.45, 2.75) is 32.7 Å². The molecule has 1 aromatic heterocycles. The Morgan fingerprint density at radius 2 is 2.27 bits per heavy atom. The number of halogens is 1. The van der Waals surface area contributed by atoms with Crippen molar-refractivity contribution in [2.75, 3.05) is 6.54 Å². The SMILES string of the molecule is CCc1c(C(=O)NCCC(C)N)nnn1-c1cccc(Cl)c1. The number of nitrogens with zero attached hydrogens (tertiary/aromatic N) is 3. The predicted molar refractivity (Wildman–Crippen MR) is 86.3 cm³/mol. The highest BCUT2D eigenvalue weighted by Crippen LogP contribution is 2.17. The monoisotopic (exact) mass is 321 g/mol. The van der Waals surface area contributed by atoms with E-state index in [0.29, 0.717) is 23.7 Å². The highest BCUT2D eigenvalue weighted by atomic mass is 35.5. The van der Waals surface area contributed by atoms with Gasteiger partial charge >= 0.3 is 0 Å². The van der Waals surface area contributed by atoms with E-state index >= 15 is 0 Å². The Kier molecular flexibility index (Phi) is 5.51. The molecule has 1 atom stereocenters. The minimum atomic E-state index is -0.231. The summed E-state index contributed by atoms with van der Waals surface area (Å²) in [4.78, 5) is 12.2. The molecule has 6 nitrogen and oxygen atoms in total. The van der Waals surface area contributed by atoms with E-state index < -0.39 is 0 Å². The molecule has 1 amide bonds. The number of aromatic nitrogens is 3. The third-order valence-electron chi connectivity index (χ3n) is 3.25. The molecule has 0 spiro atoms. The topological polar surface area (TPSA) is 85.8 Å². The molecule has 0 aliphatic heterocycles. The van der Waals surface area contributed by atoms with Crippen LogP contribution in [0.15, 0.2) is 24.3 Å². The summed E-state index contributed by atoms with van der Waals surface area (Å²) in [6.45, 7) is 4.38. The molecular weight excluding hydrogens is 302 g/mol. The number of amides is 1. The minimum Gasteiger partial charge on any atom is -0.351 e. The lowest BCUT2D eigenvalue weighted by molar-refractivity contribution is 0.0947. The van der Waals surface area contributed by atoms with Crippen LogP contribution in [0.3, 0.4) is 0 Å². The Bertz CT molecular complexity index is 653. The van der Waals surface area contributed by atoms with E-state index in [1.807, 2.05) is 26.0 Å². The van der Waals surface area contributed by atoms with Crippen molar-refractivity contribution in [2.24, 2.45) is 5.73 Å². The number of hydrogen-bond acceptors (Lipinski definition) is 4. The Balaban J connectivity index is 2.22. The summed E-state index contributed by atoms with van der Waals surface area (Å²) in [6.07, 6.45) is 1.35. The van der Waals surface area contributed by atoms with Crippen LogP contribution in [0, 0.1) is 0 Å². The first-order valence-electron chi connectivity index (χ1n) is 7.27. The molecule has 7 heteroatoms. The van der Waals surface area contributed by atoms with E-state index in [9.17, 15) is 4.79 Å². The van der Waals surface area contributed by atoms with E-state index in [2.05, 4.69) is 15.6 Å². The first kappa shape index (κ1) is 16.5. The Hall–Kier alpha value is -1.92. The normalized spacial score (nSPS) is 12.2. The number of nitrogens with two attached hydrogens (primary N) is 1. The molecule has 1 aromatic carbocycles. The molecule has 0 saturated heterocycles. The quantitative estimate of drug-likeness (QED) is 0.851. The zero-order valence-corrected chi connectivity index (χ0v) is 13.5. The second-order valence-electron chi connectivity index (χ2n) is 5.15. The summed E-state index contributed by atoms with van der Waals surface area (Å²) >= 11 is 6.01. The van der Waals surface area contributed by atoms with Crippen LogP contribution in [0.5, 0.6) is 0 Å². The van der Waals surface area contributed by atoms with Gasteiger partial charge in [0.2, 0.25) is 0 Å². The molecule has 1 heterocycles. The summed E-state index contributed by atoms with van der Waals surface area (Å²) in [7, 11) is 0. The van der Waals surface area contributed by atoms with E-state index in [1.165, 1.54) is 0 Å². The van der Waals surface area contributed by atoms with Crippen LogP contribution in [-0.2, 0) is 6.42 Å².